The topological polar surface area (TPSA) is 33.5 Å². The maximum Gasteiger partial charge on any atom is 0.224 e. The molecule has 86 valence electrons. The first-order valence-corrected chi connectivity index (χ1v) is 6.84. The highest BCUT2D eigenvalue weighted by Crippen LogP contribution is 2.39. The van der Waals surface area contributed by atoms with Gasteiger partial charge in [-0.25, -0.2) is 0 Å². The number of hydrogen-bond donors (Lipinski definition) is 0. The number of hydrogen-bond acceptors (Lipinski definition) is 3. The van der Waals surface area contributed by atoms with E-state index in [-0.39, 0.29) is 5.92 Å². The van der Waals surface area contributed by atoms with Gasteiger partial charge in [-0.15, -0.1) is 11.8 Å². The summed E-state index contributed by atoms with van der Waals surface area (Å²) in [5.74, 6) is 2.73. The lowest BCUT2D eigenvalue weighted by Crippen LogP contribution is -2.47. The van der Waals surface area contributed by atoms with Crippen LogP contribution in [0.4, 0.5) is 0 Å². The standard InChI is InChI=1S/C12H15NO2S/c14-11-7-9(10-3-1-5-15-10)8-12-13(11)4-2-6-16-12/h1,3,5,9,12H,2,4,6-8H2/t9-,12+/m1/s1. The van der Waals surface area contributed by atoms with Crippen LogP contribution in [-0.4, -0.2) is 28.5 Å². The maximum atomic E-state index is 12.0. The van der Waals surface area contributed by atoms with Crippen LogP contribution in [0.3, 0.4) is 0 Å². The van der Waals surface area contributed by atoms with Crippen LogP contribution in [-0.2, 0) is 4.79 Å². The highest BCUT2D eigenvalue weighted by Gasteiger charge is 2.37. The molecule has 0 unspecified atom stereocenters. The summed E-state index contributed by atoms with van der Waals surface area (Å²) in [5.41, 5.74) is 0. The Bertz CT molecular complexity index is 376. The SMILES string of the molecule is O=C1C[C@@H](c2ccco2)C[C@@H]2SCCCN12. The fourth-order valence-electron chi connectivity index (χ4n) is 2.56. The highest BCUT2D eigenvalue weighted by atomic mass is 32.2. The van der Waals surface area contributed by atoms with Gasteiger partial charge in [-0.1, -0.05) is 0 Å². The van der Waals surface area contributed by atoms with Gasteiger partial charge in [0, 0.05) is 18.9 Å². The summed E-state index contributed by atoms with van der Waals surface area (Å²) in [4.78, 5) is 14.1. The summed E-state index contributed by atoms with van der Waals surface area (Å²) in [6.07, 6.45) is 4.49. The van der Waals surface area contributed by atoms with Crippen molar-refractivity contribution in [3.8, 4) is 0 Å². The third-order valence-corrected chi connectivity index (χ3v) is 4.73. The van der Waals surface area contributed by atoms with Gasteiger partial charge in [0.15, 0.2) is 0 Å². The van der Waals surface area contributed by atoms with Gasteiger partial charge >= 0.3 is 0 Å². The van der Waals surface area contributed by atoms with Crippen LogP contribution in [0.25, 0.3) is 0 Å². The Morgan fingerprint density at radius 3 is 3.25 bits per heavy atom. The summed E-state index contributed by atoms with van der Waals surface area (Å²) < 4.78 is 5.42. The normalized spacial score (nSPS) is 30.2. The maximum absolute atomic E-state index is 12.0. The van der Waals surface area contributed by atoms with Crippen molar-refractivity contribution < 1.29 is 9.21 Å². The van der Waals surface area contributed by atoms with Crippen LogP contribution >= 0.6 is 11.8 Å². The summed E-state index contributed by atoms with van der Waals surface area (Å²) in [6, 6.07) is 3.89. The van der Waals surface area contributed by atoms with Crippen molar-refractivity contribution in [3.05, 3.63) is 24.2 Å². The minimum Gasteiger partial charge on any atom is -0.469 e. The quantitative estimate of drug-likeness (QED) is 0.752. The molecule has 1 aromatic heterocycles. The molecule has 3 rings (SSSR count). The molecule has 2 aliphatic rings. The monoisotopic (exact) mass is 237 g/mol. The molecule has 0 saturated carbocycles. The first kappa shape index (κ1) is 10.3. The van der Waals surface area contributed by atoms with Gasteiger partial charge in [-0.3, -0.25) is 4.79 Å². The minimum atomic E-state index is 0.286. The molecule has 4 heteroatoms. The Labute approximate surface area is 99.2 Å². The molecular weight excluding hydrogens is 222 g/mol. The molecule has 0 aromatic carbocycles. The highest BCUT2D eigenvalue weighted by molar-refractivity contribution is 7.99. The van der Waals surface area contributed by atoms with Crippen molar-refractivity contribution in [2.24, 2.45) is 0 Å². The third kappa shape index (κ3) is 1.75. The molecule has 0 aliphatic carbocycles. The number of carbonyl (C=O) groups excluding carboxylic acids is 1. The number of carbonyl (C=O) groups is 1. The van der Waals surface area contributed by atoms with E-state index < -0.39 is 0 Å². The van der Waals surface area contributed by atoms with Crippen LogP contribution in [0, 0.1) is 0 Å². The zero-order valence-electron chi connectivity index (χ0n) is 9.09. The van der Waals surface area contributed by atoms with Gasteiger partial charge in [0.05, 0.1) is 11.6 Å². The average molecular weight is 237 g/mol. The van der Waals surface area contributed by atoms with Gasteiger partial charge in [0.1, 0.15) is 5.76 Å². The second-order valence-electron chi connectivity index (χ2n) is 4.42. The molecule has 2 atom stereocenters. The van der Waals surface area contributed by atoms with Crippen LogP contribution in [0.5, 0.6) is 0 Å². The lowest BCUT2D eigenvalue weighted by Gasteiger charge is -2.41. The van der Waals surface area contributed by atoms with Crippen molar-refractivity contribution in [1.29, 1.82) is 0 Å². The zero-order valence-corrected chi connectivity index (χ0v) is 9.91. The van der Waals surface area contributed by atoms with Crippen molar-refractivity contribution >= 4 is 17.7 Å². The van der Waals surface area contributed by atoms with E-state index in [9.17, 15) is 4.79 Å². The van der Waals surface area contributed by atoms with E-state index in [2.05, 4.69) is 0 Å². The molecule has 0 N–H and O–H groups in total. The zero-order chi connectivity index (χ0) is 11.0. The fourth-order valence-corrected chi connectivity index (χ4v) is 3.90. The first-order valence-electron chi connectivity index (χ1n) is 5.79. The Morgan fingerprint density at radius 2 is 2.44 bits per heavy atom. The van der Waals surface area contributed by atoms with Gasteiger partial charge < -0.3 is 9.32 Å². The Kier molecular flexibility index (Phi) is 2.67. The summed E-state index contributed by atoms with van der Waals surface area (Å²) in [5, 5.41) is 0.380. The second kappa shape index (κ2) is 4.17. The molecule has 0 bridgehead atoms. The smallest absolute Gasteiger partial charge is 0.224 e. The molecule has 3 heterocycles. The number of fused-ring (bicyclic) bond motifs is 1. The van der Waals surface area contributed by atoms with E-state index in [0.29, 0.717) is 17.7 Å². The summed E-state index contributed by atoms with van der Waals surface area (Å²) in [7, 11) is 0. The number of nitrogens with zero attached hydrogens (tertiary/aromatic N) is 1. The van der Waals surface area contributed by atoms with Gasteiger partial charge in [-0.2, -0.15) is 0 Å². The largest absolute Gasteiger partial charge is 0.469 e. The lowest BCUT2D eigenvalue weighted by molar-refractivity contribution is -0.135. The Hall–Kier alpha value is -0.900. The van der Waals surface area contributed by atoms with E-state index in [0.717, 1.165) is 25.1 Å². The fraction of sp³-hybridized carbons (Fsp3) is 0.583. The molecule has 2 saturated heterocycles. The average Bonchev–Trinajstić information content (AvgIpc) is 2.82. The molecule has 2 fully saturated rings. The molecule has 1 amide bonds. The van der Waals surface area contributed by atoms with Gasteiger partial charge in [0.25, 0.3) is 0 Å². The van der Waals surface area contributed by atoms with E-state index in [1.54, 1.807) is 6.26 Å². The number of rotatable bonds is 1. The summed E-state index contributed by atoms with van der Waals surface area (Å²) >= 11 is 1.92. The van der Waals surface area contributed by atoms with Crippen molar-refractivity contribution in [1.82, 2.24) is 4.90 Å². The molecule has 1 aromatic rings. The van der Waals surface area contributed by atoms with Crippen LogP contribution in [0.15, 0.2) is 22.8 Å². The van der Waals surface area contributed by atoms with Crippen molar-refractivity contribution in [2.75, 3.05) is 12.3 Å². The third-order valence-electron chi connectivity index (χ3n) is 3.37. The van der Waals surface area contributed by atoms with Crippen molar-refractivity contribution in [3.63, 3.8) is 0 Å². The van der Waals surface area contributed by atoms with Crippen LogP contribution in [0.2, 0.25) is 0 Å². The number of amides is 1. The number of furan rings is 1. The minimum absolute atomic E-state index is 0.286. The molecular formula is C12H15NO2S. The molecule has 3 nitrogen and oxygen atoms in total. The molecule has 0 radical (unpaired) electrons. The van der Waals surface area contributed by atoms with Gasteiger partial charge in [0.2, 0.25) is 5.91 Å². The second-order valence-corrected chi connectivity index (χ2v) is 5.70. The Balaban J connectivity index is 1.78. The van der Waals surface area contributed by atoms with E-state index in [1.165, 1.54) is 5.75 Å². The molecule has 16 heavy (non-hydrogen) atoms. The number of thioether (sulfide) groups is 1. The lowest BCUT2D eigenvalue weighted by atomic mass is 9.93. The van der Waals surface area contributed by atoms with Crippen molar-refractivity contribution in [2.45, 2.75) is 30.6 Å². The van der Waals surface area contributed by atoms with Crippen LogP contribution < -0.4 is 0 Å². The predicted molar refractivity (Wildman–Crippen MR) is 63.3 cm³/mol. The first-order chi connectivity index (χ1) is 7.84. The number of piperidine rings is 1. The summed E-state index contributed by atoms with van der Waals surface area (Å²) in [6.45, 7) is 0.946. The predicted octanol–water partition coefficient (Wildman–Crippen LogP) is 2.45. The molecule has 2 aliphatic heterocycles. The van der Waals surface area contributed by atoms with E-state index in [1.807, 2.05) is 28.8 Å². The Morgan fingerprint density at radius 1 is 1.50 bits per heavy atom. The van der Waals surface area contributed by atoms with Crippen LogP contribution in [0.1, 0.15) is 30.9 Å². The molecule has 0 spiro atoms. The van der Waals surface area contributed by atoms with Gasteiger partial charge in [-0.05, 0) is 30.7 Å². The van der Waals surface area contributed by atoms with E-state index >= 15 is 0 Å². The van der Waals surface area contributed by atoms with E-state index in [4.69, 9.17) is 4.42 Å².